The Morgan fingerprint density at radius 1 is 1.13 bits per heavy atom. The number of amides is 1. The first-order valence-electron chi connectivity index (χ1n) is 9.51. The van der Waals surface area contributed by atoms with E-state index in [4.69, 9.17) is 16.1 Å². The zero-order valence-electron chi connectivity index (χ0n) is 17.2. The molecule has 0 aliphatic rings. The van der Waals surface area contributed by atoms with Crippen LogP contribution in [0.2, 0.25) is 0 Å². The van der Waals surface area contributed by atoms with Gasteiger partial charge in [0, 0.05) is 37.8 Å². The molecule has 0 aliphatic carbocycles. The Bertz CT molecular complexity index is 1230. The smallest absolute Gasteiger partial charge is 0.258 e. The van der Waals surface area contributed by atoms with Gasteiger partial charge in [-0.25, -0.2) is 4.98 Å². The Balaban J connectivity index is 0.00000272. The van der Waals surface area contributed by atoms with Gasteiger partial charge in [-0.3, -0.25) is 15.2 Å². The van der Waals surface area contributed by atoms with Crippen LogP contribution in [-0.4, -0.2) is 33.3 Å². The van der Waals surface area contributed by atoms with Gasteiger partial charge < -0.3 is 15.2 Å². The van der Waals surface area contributed by atoms with Crippen molar-refractivity contribution in [3.63, 3.8) is 0 Å². The molecule has 0 fully saturated rings. The standard InChI is InChI=1S/C23H22N6O.ClH/c1-28(18-4-3-11-26-14-18)23(30)17-9-10-20-19(13-17)27-21(29(20)2)12-15-5-7-16(8-6-15)22(24)25;/h3-11,13-14H,12H2,1-2H3,(H3,24,25);1H. The number of nitrogens with one attached hydrogen (secondary N) is 1. The molecule has 0 saturated heterocycles. The number of hydrogen-bond acceptors (Lipinski definition) is 4. The van der Waals surface area contributed by atoms with Crippen LogP contribution in [0.4, 0.5) is 5.69 Å². The maximum atomic E-state index is 12.9. The predicted octanol–water partition coefficient (Wildman–Crippen LogP) is 3.54. The van der Waals surface area contributed by atoms with Gasteiger partial charge in [-0.1, -0.05) is 24.3 Å². The fourth-order valence-corrected chi connectivity index (χ4v) is 3.39. The summed E-state index contributed by atoms with van der Waals surface area (Å²) in [7, 11) is 3.70. The monoisotopic (exact) mass is 434 g/mol. The number of imidazole rings is 1. The van der Waals surface area contributed by atoms with E-state index in [9.17, 15) is 4.79 Å². The number of carbonyl (C=O) groups excluding carboxylic acids is 1. The molecule has 0 unspecified atom stereocenters. The first-order chi connectivity index (χ1) is 14.4. The van der Waals surface area contributed by atoms with Gasteiger partial charge in [-0.15, -0.1) is 12.4 Å². The Morgan fingerprint density at radius 3 is 2.48 bits per heavy atom. The first-order valence-corrected chi connectivity index (χ1v) is 9.51. The molecular formula is C23H23ClN6O. The predicted molar refractivity (Wildman–Crippen MR) is 125 cm³/mol. The van der Waals surface area contributed by atoms with Crippen molar-refractivity contribution in [3.8, 4) is 0 Å². The van der Waals surface area contributed by atoms with Gasteiger partial charge in [-0.05, 0) is 35.9 Å². The minimum Gasteiger partial charge on any atom is -0.384 e. The molecule has 0 aliphatic heterocycles. The Kier molecular flexibility index (Phi) is 6.36. The van der Waals surface area contributed by atoms with E-state index in [0.717, 1.165) is 28.1 Å². The Hall–Kier alpha value is -3.71. The van der Waals surface area contributed by atoms with E-state index in [0.29, 0.717) is 17.5 Å². The van der Waals surface area contributed by atoms with Crippen LogP contribution >= 0.6 is 12.4 Å². The number of nitrogens with zero attached hydrogens (tertiary/aromatic N) is 4. The molecule has 2 heterocycles. The highest BCUT2D eigenvalue weighted by atomic mass is 35.5. The number of halogens is 1. The molecule has 3 N–H and O–H groups in total. The molecule has 158 valence electrons. The molecular weight excluding hydrogens is 412 g/mol. The fourth-order valence-electron chi connectivity index (χ4n) is 3.39. The molecule has 0 radical (unpaired) electrons. The molecule has 7 nitrogen and oxygen atoms in total. The van der Waals surface area contributed by atoms with E-state index >= 15 is 0 Å². The van der Waals surface area contributed by atoms with Gasteiger partial charge in [0.25, 0.3) is 5.91 Å². The molecule has 4 rings (SSSR count). The number of carbonyl (C=O) groups is 1. The number of pyridine rings is 1. The van der Waals surface area contributed by atoms with Crippen molar-refractivity contribution >= 4 is 40.9 Å². The lowest BCUT2D eigenvalue weighted by atomic mass is 10.1. The lowest BCUT2D eigenvalue weighted by Gasteiger charge is -2.16. The average molecular weight is 435 g/mol. The number of amidine groups is 1. The summed E-state index contributed by atoms with van der Waals surface area (Å²) in [4.78, 5) is 23.3. The van der Waals surface area contributed by atoms with Crippen LogP contribution < -0.4 is 10.6 Å². The highest BCUT2D eigenvalue weighted by Crippen LogP contribution is 2.21. The molecule has 31 heavy (non-hydrogen) atoms. The molecule has 0 atom stereocenters. The van der Waals surface area contributed by atoms with Gasteiger partial charge in [0.1, 0.15) is 11.7 Å². The maximum Gasteiger partial charge on any atom is 0.258 e. The van der Waals surface area contributed by atoms with Crippen LogP contribution in [0.1, 0.15) is 27.3 Å². The fraction of sp³-hybridized carbons (Fsp3) is 0.130. The second kappa shape index (κ2) is 8.97. The number of rotatable bonds is 5. The summed E-state index contributed by atoms with van der Waals surface area (Å²) >= 11 is 0. The van der Waals surface area contributed by atoms with Crippen LogP contribution in [0.15, 0.2) is 67.0 Å². The molecule has 1 amide bonds. The maximum absolute atomic E-state index is 12.9. The highest BCUT2D eigenvalue weighted by molar-refractivity contribution is 6.07. The number of nitrogen functional groups attached to an aromatic ring is 1. The normalized spacial score (nSPS) is 10.5. The quantitative estimate of drug-likeness (QED) is 0.370. The largest absolute Gasteiger partial charge is 0.384 e. The first kappa shape index (κ1) is 22.0. The molecule has 4 aromatic rings. The summed E-state index contributed by atoms with van der Waals surface area (Å²) in [5.74, 6) is 0.834. The zero-order chi connectivity index (χ0) is 21.3. The Morgan fingerprint density at radius 2 is 1.84 bits per heavy atom. The van der Waals surface area contributed by atoms with Gasteiger partial charge in [0.05, 0.1) is 22.9 Å². The van der Waals surface area contributed by atoms with E-state index in [1.54, 1.807) is 30.4 Å². The number of aryl methyl sites for hydroxylation is 1. The summed E-state index contributed by atoms with van der Waals surface area (Å²) in [5.41, 5.74) is 10.3. The second-order valence-electron chi connectivity index (χ2n) is 7.15. The number of hydrogen-bond donors (Lipinski definition) is 2. The van der Waals surface area contributed by atoms with E-state index in [2.05, 4.69) is 4.98 Å². The van der Waals surface area contributed by atoms with Crippen molar-refractivity contribution in [2.75, 3.05) is 11.9 Å². The van der Waals surface area contributed by atoms with Crippen molar-refractivity contribution in [1.29, 1.82) is 5.41 Å². The van der Waals surface area contributed by atoms with Crippen molar-refractivity contribution < 1.29 is 4.79 Å². The van der Waals surface area contributed by atoms with E-state index < -0.39 is 0 Å². The van der Waals surface area contributed by atoms with Crippen LogP contribution in [0.3, 0.4) is 0 Å². The van der Waals surface area contributed by atoms with Gasteiger partial charge in [0.2, 0.25) is 0 Å². The molecule has 8 heteroatoms. The summed E-state index contributed by atoms with van der Waals surface area (Å²) in [6.07, 6.45) is 3.98. The van der Waals surface area contributed by atoms with Gasteiger partial charge >= 0.3 is 0 Å². The third-order valence-corrected chi connectivity index (χ3v) is 5.19. The summed E-state index contributed by atoms with van der Waals surface area (Å²) in [6.45, 7) is 0. The van der Waals surface area contributed by atoms with Crippen LogP contribution in [0.25, 0.3) is 11.0 Å². The molecule has 2 aromatic carbocycles. The minimum atomic E-state index is -0.114. The van der Waals surface area contributed by atoms with E-state index in [1.165, 1.54) is 0 Å². The summed E-state index contributed by atoms with van der Waals surface area (Å²) in [6, 6.07) is 16.8. The average Bonchev–Trinajstić information content (AvgIpc) is 3.08. The third-order valence-electron chi connectivity index (χ3n) is 5.19. The zero-order valence-corrected chi connectivity index (χ0v) is 18.1. The number of anilines is 1. The summed E-state index contributed by atoms with van der Waals surface area (Å²) < 4.78 is 2.04. The topological polar surface area (TPSA) is 101 Å². The van der Waals surface area contributed by atoms with Crippen LogP contribution in [0.5, 0.6) is 0 Å². The second-order valence-corrected chi connectivity index (χ2v) is 7.15. The molecule has 0 bridgehead atoms. The molecule has 0 saturated carbocycles. The lowest BCUT2D eigenvalue weighted by molar-refractivity contribution is 0.0993. The number of benzene rings is 2. The SMILES string of the molecule is CN(C(=O)c1ccc2c(c1)nc(Cc1ccc(C(=N)N)cc1)n2C)c1cccnc1.Cl. The van der Waals surface area contributed by atoms with Crippen LogP contribution in [0, 0.1) is 5.41 Å². The minimum absolute atomic E-state index is 0. The van der Waals surface area contributed by atoms with Crippen molar-refractivity contribution in [3.05, 3.63) is 89.5 Å². The lowest BCUT2D eigenvalue weighted by Crippen LogP contribution is -2.26. The van der Waals surface area contributed by atoms with E-state index in [-0.39, 0.29) is 24.1 Å². The van der Waals surface area contributed by atoms with Crippen LogP contribution in [-0.2, 0) is 13.5 Å². The summed E-state index contributed by atoms with van der Waals surface area (Å²) in [5, 5.41) is 7.50. The van der Waals surface area contributed by atoms with Crippen molar-refractivity contribution in [2.45, 2.75) is 6.42 Å². The van der Waals surface area contributed by atoms with Gasteiger partial charge in [-0.2, -0.15) is 0 Å². The van der Waals surface area contributed by atoms with E-state index in [1.807, 2.05) is 60.1 Å². The third kappa shape index (κ3) is 4.41. The van der Waals surface area contributed by atoms with Crippen molar-refractivity contribution in [1.82, 2.24) is 14.5 Å². The molecule has 0 spiro atoms. The van der Waals surface area contributed by atoms with Crippen molar-refractivity contribution in [2.24, 2.45) is 12.8 Å². The highest BCUT2D eigenvalue weighted by Gasteiger charge is 2.16. The van der Waals surface area contributed by atoms with Gasteiger partial charge in [0.15, 0.2) is 0 Å². The number of nitrogens with two attached hydrogens (primary N) is 1. The number of fused-ring (bicyclic) bond motifs is 1. The molecule has 2 aromatic heterocycles. The number of aromatic nitrogens is 3. The Labute approximate surface area is 186 Å².